The lowest BCUT2D eigenvalue weighted by Crippen LogP contribution is -2.02. The molecule has 3 heteroatoms. The van der Waals surface area contributed by atoms with Gasteiger partial charge in [-0.1, -0.05) is 24.3 Å². The van der Waals surface area contributed by atoms with E-state index in [4.69, 9.17) is 4.74 Å². The second kappa shape index (κ2) is 5.77. The Morgan fingerprint density at radius 1 is 1.11 bits per heavy atom. The lowest BCUT2D eigenvalue weighted by molar-refractivity contribution is -0.131. The van der Waals surface area contributed by atoms with Crippen LogP contribution in [-0.2, 0) is 4.79 Å². The van der Waals surface area contributed by atoms with Crippen LogP contribution in [0.15, 0.2) is 48.7 Å². The standard InChI is InChI=1S/C15H13NO2/c1-12(17)18-15-8-3-2-6-13(15)9-10-14-7-4-5-11-16-14/h2-11H,1H3/b10-9-. The summed E-state index contributed by atoms with van der Waals surface area (Å²) in [6.07, 6.45) is 5.49. The molecule has 0 spiro atoms. The van der Waals surface area contributed by atoms with Crippen molar-refractivity contribution in [3.63, 3.8) is 0 Å². The largest absolute Gasteiger partial charge is 0.426 e. The molecular weight excluding hydrogens is 226 g/mol. The van der Waals surface area contributed by atoms with Crippen LogP contribution in [0.2, 0.25) is 0 Å². The summed E-state index contributed by atoms with van der Waals surface area (Å²) in [5.41, 5.74) is 1.70. The second-order valence-corrected chi connectivity index (χ2v) is 3.72. The fourth-order valence-electron chi connectivity index (χ4n) is 1.52. The second-order valence-electron chi connectivity index (χ2n) is 3.72. The maximum absolute atomic E-state index is 11.0. The predicted molar refractivity (Wildman–Crippen MR) is 70.9 cm³/mol. The Hall–Kier alpha value is -2.42. The summed E-state index contributed by atoms with van der Waals surface area (Å²) in [5, 5.41) is 0. The smallest absolute Gasteiger partial charge is 0.308 e. The summed E-state index contributed by atoms with van der Waals surface area (Å²) < 4.78 is 5.12. The molecule has 0 saturated carbocycles. The van der Waals surface area contributed by atoms with E-state index in [2.05, 4.69) is 4.98 Å². The van der Waals surface area contributed by atoms with Gasteiger partial charge in [0.1, 0.15) is 5.75 Å². The zero-order valence-corrected chi connectivity index (χ0v) is 10.0. The molecule has 1 aromatic heterocycles. The normalized spacial score (nSPS) is 10.5. The van der Waals surface area contributed by atoms with Crippen molar-refractivity contribution in [2.24, 2.45) is 0 Å². The third-order valence-corrected chi connectivity index (χ3v) is 2.29. The molecule has 2 rings (SSSR count). The highest BCUT2D eigenvalue weighted by Gasteiger charge is 2.02. The van der Waals surface area contributed by atoms with E-state index >= 15 is 0 Å². The number of carbonyl (C=O) groups excluding carboxylic acids is 1. The van der Waals surface area contributed by atoms with Gasteiger partial charge in [-0.3, -0.25) is 9.78 Å². The van der Waals surface area contributed by atoms with Crippen LogP contribution in [0.4, 0.5) is 0 Å². The fraction of sp³-hybridized carbons (Fsp3) is 0.0667. The maximum Gasteiger partial charge on any atom is 0.308 e. The lowest BCUT2D eigenvalue weighted by Gasteiger charge is -2.04. The van der Waals surface area contributed by atoms with Crippen LogP contribution < -0.4 is 4.74 Å². The predicted octanol–water partition coefficient (Wildman–Crippen LogP) is 3.18. The first-order valence-corrected chi connectivity index (χ1v) is 5.62. The molecule has 0 amide bonds. The number of hydrogen-bond acceptors (Lipinski definition) is 3. The van der Waals surface area contributed by atoms with Crippen LogP contribution in [-0.4, -0.2) is 11.0 Å². The summed E-state index contributed by atoms with van der Waals surface area (Å²) in [7, 11) is 0. The summed E-state index contributed by atoms with van der Waals surface area (Å²) in [4.78, 5) is 15.2. The highest BCUT2D eigenvalue weighted by Crippen LogP contribution is 2.20. The summed E-state index contributed by atoms with van der Waals surface area (Å²) in [5.74, 6) is 0.228. The maximum atomic E-state index is 11.0. The Morgan fingerprint density at radius 3 is 2.61 bits per heavy atom. The SMILES string of the molecule is CC(=O)Oc1ccccc1/C=C\c1ccccn1. The van der Waals surface area contributed by atoms with Gasteiger partial charge < -0.3 is 4.74 Å². The number of pyridine rings is 1. The molecule has 0 aliphatic carbocycles. The Balaban J connectivity index is 2.23. The number of ether oxygens (including phenoxy) is 1. The fourth-order valence-corrected chi connectivity index (χ4v) is 1.52. The van der Waals surface area contributed by atoms with Gasteiger partial charge in [0, 0.05) is 18.7 Å². The van der Waals surface area contributed by atoms with Crippen molar-refractivity contribution in [2.45, 2.75) is 6.92 Å². The molecule has 0 fully saturated rings. The van der Waals surface area contributed by atoms with E-state index in [9.17, 15) is 4.79 Å². The molecule has 0 N–H and O–H groups in total. The van der Waals surface area contributed by atoms with Crippen molar-refractivity contribution >= 4 is 18.1 Å². The van der Waals surface area contributed by atoms with Crippen LogP contribution >= 0.6 is 0 Å². The van der Waals surface area contributed by atoms with E-state index in [1.165, 1.54) is 6.92 Å². The molecule has 3 nitrogen and oxygen atoms in total. The average Bonchev–Trinajstić information content (AvgIpc) is 2.38. The number of rotatable bonds is 3. The molecule has 0 saturated heterocycles. The van der Waals surface area contributed by atoms with Crippen LogP contribution in [0.25, 0.3) is 12.2 Å². The van der Waals surface area contributed by atoms with E-state index in [1.54, 1.807) is 12.3 Å². The van der Waals surface area contributed by atoms with Gasteiger partial charge in [0.25, 0.3) is 0 Å². The molecule has 1 heterocycles. The zero-order valence-electron chi connectivity index (χ0n) is 10.0. The van der Waals surface area contributed by atoms with E-state index in [0.29, 0.717) is 5.75 Å². The van der Waals surface area contributed by atoms with Gasteiger partial charge in [0.15, 0.2) is 0 Å². The Morgan fingerprint density at radius 2 is 1.89 bits per heavy atom. The van der Waals surface area contributed by atoms with Gasteiger partial charge in [-0.05, 0) is 30.4 Å². The number of hydrogen-bond donors (Lipinski definition) is 0. The monoisotopic (exact) mass is 239 g/mol. The number of esters is 1. The van der Waals surface area contributed by atoms with Gasteiger partial charge in [-0.25, -0.2) is 0 Å². The van der Waals surface area contributed by atoms with Gasteiger partial charge in [-0.15, -0.1) is 0 Å². The molecular formula is C15H13NO2. The van der Waals surface area contributed by atoms with Crippen molar-refractivity contribution in [2.75, 3.05) is 0 Å². The highest BCUT2D eigenvalue weighted by molar-refractivity contribution is 5.75. The first-order chi connectivity index (χ1) is 8.75. The third-order valence-electron chi connectivity index (χ3n) is 2.29. The van der Waals surface area contributed by atoms with Crippen LogP contribution in [0, 0.1) is 0 Å². The van der Waals surface area contributed by atoms with Crippen molar-refractivity contribution in [1.29, 1.82) is 0 Å². The number of benzene rings is 1. The van der Waals surface area contributed by atoms with E-state index in [1.807, 2.05) is 48.6 Å². The molecule has 18 heavy (non-hydrogen) atoms. The Kier molecular flexibility index (Phi) is 3.86. The lowest BCUT2D eigenvalue weighted by atomic mass is 10.1. The van der Waals surface area contributed by atoms with Crippen LogP contribution in [0.1, 0.15) is 18.2 Å². The first-order valence-electron chi connectivity index (χ1n) is 5.62. The Bertz CT molecular complexity index is 562. The van der Waals surface area contributed by atoms with E-state index in [-0.39, 0.29) is 5.97 Å². The number of nitrogens with zero attached hydrogens (tertiary/aromatic N) is 1. The minimum Gasteiger partial charge on any atom is -0.426 e. The van der Waals surface area contributed by atoms with Crippen molar-refractivity contribution in [1.82, 2.24) is 4.98 Å². The molecule has 0 radical (unpaired) electrons. The van der Waals surface area contributed by atoms with Crippen molar-refractivity contribution in [3.05, 3.63) is 59.9 Å². The highest BCUT2D eigenvalue weighted by atomic mass is 16.5. The number of aromatic nitrogens is 1. The van der Waals surface area contributed by atoms with Crippen molar-refractivity contribution in [3.8, 4) is 5.75 Å². The molecule has 90 valence electrons. The molecule has 0 unspecified atom stereocenters. The van der Waals surface area contributed by atoms with Crippen LogP contribution in [0.5, 0.6) is 5.75 Å². The van der Waals surface area contributed by atoms with E-state index in [0.717, 1.165) is 11.3 Å². The zero-order chi connectivity index (χ0) is 12.8. The molecule has 0 atom stereocenters. The molecule has 1 aromatic carbocycles. The topological polar surface area (TPSA) is 39.2 Å². The van der Waals surface area contributed by atoms with Gasteiger partial charge in [0.2, 0.25) is 0 Å². The minimum atomic E-state index is -0.325. The first kappa shape index (κ1) is 12.0. The van der Waals surface area contributed by atoms with Gasteiger partial charge in [-0.2, -0.15) is 0 Å². The summed E-state index contributed by atoms with van der Waals surface area (Å²) in [6, 6.07) is 13.1. The number of para-hydroxylation sites is 1. The Labute approximate surface area is 106 Å². The summed E-state index contributed by atoms with van der Waals surface area (Å²) >= 11 is 0. The summed E-state index contributed by atoms with van der Waals surface area (Å²) in [6.45, 7) is 1.39. The molecule has 0 bridgehead atoms. The van der Waals surface area contributed by atoms with Crippen LogP contribution in [0.3, 0.4) is 0 Å². The molecule has 0 aliphatic heterocycles. The third kappa shape index (κ3) is 3.28. The molecule has 2 aromatic rings. The minimum absolute atomic E-state index is 0.325. The molecule has 0 aliphatic rings. The number of carbonyl (C=O) groups is 1. The van der Waals surface area contributed by atoms with E-state index < -0.39 is 0 Å². The quantitative estimate of drug-likeness (QED) is 0.610. The van der Waals surface area contributed by atoms with Crippen molar-refractivity contribution < 1.29 is 9.53 Å². The van der Waals surface area contributed by atoms with Gasteiger partial charge >= 0.3 is 5.97 Å². The van der Waals surface area contributed by atoms with Gasteiger partial charge in [0.05, 0.1) is 5.69 Å². The average molecular weight is 239 g/mol.